The first-order valence-corrected chi connectivity index (χ1v) is 14.3. The third kappa shape index (κ3) is 5.62. The number of nitrogen functional groups attached to an aromatic ring is 1. The molecule has 3 N–H and O–H groups in total. The summed E-state index contributed by atoms with van der Waals surface area (Å²) in [6.07, 6.45) is -0.713. The smallest absolute Gasteiger partial charge is 0.416 e. The number of nitrogens with two attached hydrogens (primary N) is 1. The van der Waals surface area contributed by atoms with Crippen LogP contribution in [0, 0.1) is 0 Å². The molecule has 0 spiro atoms. The average Bonchev–Trinajstić information content (AvgIpc) is 3.40. The van der Waals surface area contributed by atoms with Gasteiger partial charge in [0.1, 0.15) is 34.4 Å². The molecule has 5 heterocycles. The van der Waals surface area contributed by atoms with Crippen molar-refractivity contribution < 1.29 is 36.3 Å². The number of rotatable bonds is 6. The van der Waals surface area contributed by atoms with Crippen molar-refractivity contribution in [1.82, 2.24) is 24.3 Å². The molecule has 0 aliphatic carbocycles. The van der Waals surface area contributed by atoms with Crippen molar-refractivity contribution >= 4 is 29.0 Å². The van der Waals surface area contributed by atoms with E-state index in [2.05, 4.69) is 15.3 Å². The van der Waals surface area contributed by atoms with Gasteiger partial charge in [0.05, 0.1) is 18.2 Å². The molecule has 0 unspecified atom stereocenters. The Labute approximate surface area is 253 Å². The van der Waals surface area contributed by atoms with Gasteiger partial charge >= 0.3 is 6.18 Å². The fraction of sp³-hybridized carbons (Fsp3) is 0.367. The zero-order valence-electron chi connectivity index (χ0n) is 23.9. The second-order valence-electron chi connectivity index (χ2n) is 11.0. The highest BCUT2D eigenvalue weighted by Gasteiger charge is 2.51. The van der Waals surface area contributed by atoms with Crippen molar-refractivity contribution in [3.63, 3.8) is 0 Å². The summed E-state index contributed by atoms with van der Waals surface area (Å²) >= 11 is 0. The molecular formula is C30H28F5N7O3. The summed E-state index contributed by atoms with van der Waals surface area (Å²) < 4.78 is 76.2. The summed E-state index contributed by atoms with van der Waals surface area (Å²) in [4.78, 5) is 39.8. The van der Waals surface area contributed by atoms with Crippen molar-refractivity contribution in [2.75, 3.05) is 24.2 Å². The van der Waals surface area contributed by atoms with Gasteiger partial charge in [0.2, 0.25) is 5.91 Å². The normalized spacial score (nSPS) is 19.8. The van der Waals surface area contributed by atoms with Crippen LogP contribution in [0.15, 0.2) is 48.9 Å². The van der Waals surface area contributed by atoms with Crippen molar-refractivity contribution in [3.05, 3.63) is 65.9 Å². The van der Waals surface area contributed by atoms with Gasteiger partial charge in [-0.3, -0.25) is 14.0 Å². The number of ether oxygens (including phenoxy) is 1. The summed E-state index contributed by atoms with van der Waals surface area (Å²) in [7, 11) is 0. The van der Waals surface area contributed by atoms with Crippen LogP contribution in [0.5, 0.6) is 5.75 Å². The van der Waals surface area contributed by atoms with Crippen LogP contribution in [-0.2, 0) is 11.0 Å². The number of nitrogens with one attached hydrogen (secondary N) is 1. The number of fused-ring (bicyclic) bond motifs is 2. The van der Waals surface area contributed by atoms with Crippen LogP contribution in [0.1, 0.15) is 60.3 Å². The highest BCUT2D eigenvalue weighted by atomic mass is 19.4. The van der Waals surface area contributed by atoms with E-state index < -0.39 is 36.0 Å². The van der Waals surface area contributed by atoms with E-state index in [9.17, 15) is 31.5 Å². The molecule has 10 nitrogen and oxygen atoms in total. The molecule has 0 radical (unpaired) electrons. The minimum Gasteiger partial charge on any atom is -0.493 e. The highest BCUT2D eigenvalue weighted by molar-refractivity contribution is 6.04. The number of benzene rings is 1. The SMILES string of the molecule is CCOc1cc(C(=O)Nc2cc(C(F)(F)F)ccn2)ccc1-c1nc([C@@H]2CC[C@@H]3N(C2)C(=O)CCC3(F)F)n2ccnc(N)c12. The number of hydrogen-bond acceptors (Lipinski definition) is 7. The average molecular weight is 630 g/mol. The largest absolute Gasteiger partial charge is 0.493 e. The number of carbonyl (C=O) groups excluding carboxylic acids is 2. The van der Waals surface area contributed by atoms with Crippen LogP contribution >= 0.6 is 0 Å². The zero-order chi connectivity index (χ0) is 32.1. The lowest BCUT2D eigenvalue weighted by atomic mass is 9.84. The summed E-state index contributed by atoms with van der Waals surface area (Å²) in [5, 5.41) is 2.38. The number of halogens is 5. The predicted octanol–water partition coefficient (Wildman–Crippen LogP) is 5.55. The lowest BCUT2D eigenvalue weighted by molar-refractivity contribution is -0.166. The number of carbonyl (C=O) groups is 2. The molecule has 2 aliphatic rings. The summed E-state index contributed by atoms with van der Waals surface area (Å²) in [6, 6.07) is 4.84. The highest BCUT2D eigenvalue weighted by Crippen LogP contribution is 2.44. The lowest BCUT2D eigenvalue weighted by Gasteiger charge is -2.45. The van der Waals surface area contributed by atoms with Gasteiger partial charge < -0.3 is 20.7 Å². The summed E-state index contributed by atoms with van der Waals surface area (Å²) in [6.45, 7) is 2.01. The maximum atomic E-state index is 14.6. The van der Waals surface area contributed by atoms with Gasteiger partial charge in [0.15, 0.2) is 0 Å². The van der Waals surface area contributed by atoms with E-state index in [1.807, 2.05) is 0 Å². The molecule has 236 valence electrons. The third-order valence-corrected chi connectivity index (χ3v) is 8.17. The first kappa shape index (κ1) is 30.2. The van der Waals surface area contributed by atoms with Gasteiger partial charge in [-0.1, -0.05) is 0 Å². The Hall–Kier alpha value is -4.82. The Morgan fingerprint density at radius 3 is 2.71 bits per heavy atom. The first-order chi connectivity index (χ1) is 21.4. The first-order valence-electron chi connectivity index (χ1n) is 14.3. The van der Waals surface area contributed by atoms with Gasteiger partial charge in [0.25, 0.3) is 11.8 Å². The molecule has 0 bridgehead atoms. The predicted molar refractivity (Wildman–Crippen MR) is 153 cm³/mol. The third-order valence-electron chi connectivity index (χ3n) is 8.17. The van der Waals surface area contributed by atoms with Crippen molar-refractivity contribution in [2.24, 2.45) is 0 Å². The number of nitrogens with zero attached hydrogens (tertiary/aromatic N) is 5. The molecule has 2 atom stereocenters. The number of aromatic nitrogens is 4. The Balaban J connectivity index is 1.35. The van der Waals surface area contributed by atoms with Crippen molar-refractivity contribution in [2.45, 2.75) is 56.7 Å². The molecule has 2 saturated heterocycles. The minimum atomic E-state index is -4.61. The van der Waals surface area contributed by atoms with Crippen LogP contribution in [0.25, 0.3) is 16.8 Å². The molecule has 45 heavy (non-hydrogen) atoms. The monoisotopic (exact) mass is 629 g/mol. The number of amides is 2. The maximum absolute atomic E-state index is 14.6. The number of pyridine rings is 1. The van der Waals surface area contributed by atoms with Crippen molar-refractivity contribution in [1.29, 1.82) is 0 Å². The van der Waals surface area contributed by atoms with Crippen molar-refractivity contribution in [3.8, 4) is 17.0 Å². The molecule has 3 aromatic heterocycles. The number of hydrogen-bond donors (Lipinski definition) is 2. The molecular weight excluding hydrogens is 601 g/mol. The molecule has 6 rings (SSSR count). The molecule has 2 fully saturated rings. The van der Waals surface area contributed by atoms with E-state index in [1.54, 1.807) is 23.6 Å². The van der Waals surface area contributed by atoms with E-state index in [1.165, 1.54) is 23.2 Å². The quantitative estimate of drug-likeness (QED) is 0.268. The van der Waals surface area contributed by atoms with Gasteiger partial charge in [-0.2, -0.15) is 13.2 Å². The Morgan fingerprint density at radius 2 is 1.96 bits per heavy atom. The number of piperidine rings is 2. The fourth-order valence-electron chi connectivity index (χ4n) is 6.04. The Morgan fingerprint density at radius 1 is 1.16 bits per heavy atom. The van der Waals surface area contributed by atoms with Crippen LogP contribution < -0.4 is 15.8 Å². The second kappa shape index (κ2) is 11.3. The lowest BCUT2D eigenvalue weighted by Crippen LogP contribution is -2.58. The molecule has 1 aromatic carbocycles. The molecule has 4 aromatic rings. The van der Waals surface area contributed by atoms with Crippen LogP contribution in [0.3, 0.4) is 0 Å². The van der Waals surface area contributed by atoms with Gasteiger partial charge in [0, 0.05) is 55.0 Å². The van der Waals surface area contributed by atoms with E-state index in [0.717, 1.165) is 18.3 Å². The summed E-state index contributed by atoms with van der Waals surface area (Å²) in [5.41, 5.74) is 6.67. The maximum Gasteiger partial charge on any atom is 0.416 e. The Kier molecular flexibility index (Phi) is 7.57. The molecule has 0 saturated carbocycles. The van der Waals surface area contributed by atoms with Gasteiger partial charge in [-0.15, -0.1) is 0 Å². The van der Waals surface area contributed by atoms with Crippen LogP contribution in [-0.4, -0.2) is 61.2 Å². The fourth-order valence-corrected chi connectivity index (χ4v) is 6.04. The van der Waals surface area contributed by atoms with E-state index >= 15 is 0 Å². The standard InChI is InChI=1S/C30H28F5N7O3/c1-2-45-20-13-16(28(44)39-22-14-18(8-10-37-22)30(33,34)35)3-5-19(20)24-25-26(36)38-11-12-41(25)27(40-24)17-4-6-21-29(31,32)9-7-23(43)42(21)15-17/h3,5,8,10-14,17,21H,2,4,6-7,9,15H2,1H3,(H2,36,38)(H,37,39,44)/t17-,21+/m1/s1. The van der Waals surface area contributed by atoms with E-state index in [4.69, 9.17) is 15.5 Å². The number of anilines is 2. The topological polar surface area (TPSA) is 128 Å². The Bertz CT molecular complexity index is 1790. The van der Waals surface area contributed by atoms with Crippen LogP contribution in [0.2, 0.25) is 0 Å². The second-order valence-corrected chi connectivity index (χ2v) is 11.0. The molecule has 2 amide bonds. The zero-order valence-corrected chi connectivity index (χ0v) is 23.9. The molecule has 15 heteroatoms. The van der Waals surface area contributed by atoms with E-state index in [0.29, 0.717) is 29.0 Å². The number of alkyl halides is 5. The summed E-state index contributed by atoms with van der Waals surface area (Å²) in [5.74, 6) is -3.75. The van der Waals surface area contributed by atoms with Gasteiger partial charge in [-0.05, 0) is 50.1 Å². The minimum absolute atomic E-state index is 0.0703. The molecule has 2 aliphatic heterocycles. The van der Waals surface area contributed by atoms with Gasteiger partial charge in [-0.25, -0.2) is 23.7 Å². The number of imidazole rings is 1. The van der Waals surface area contributed by atoms with E-state index in [-0.39, 0.29) is 60.8 Å². The van der Waals surface area contributed by atoms with Crippen LogP contribution in [0.4, 0.5) is 33.6 Å².